The zero-order chi connectivity index (χ0) is 23.0. The van der Waals surface area contributed by atoms with Crippen molar-refractivity contribution in [3.63, 3.8) is 0 Å². The van der Waals surface area contributed by atoms with Crippen LogP contribution in [0.5, 0.6) is 0 Å². The monoisotopic (exact) mass is 438 g/mol. The summed E-state index contributed by atoms with van der Waals surface area (Å²) in [5.41, 5.74) is 7.70. The fourth-order valence-corrected chi connectivity index (χ4v) is 5.35. The van der Waals surface area contributed by atoms with E-state index in [1.165, 1.54) is 0 Å². The molecule has 3 aliphatic rings. The second-order valence-corrected chi connectivity index (χ2v) is 8.91. The van der Waals surface area contributed by atoms with Crippen LogP contribution < -0.4 is 11.1 Å². The van der Waals surface area contributed by atoms with Gasteiger partial charge in [0, 0.05) is 38.3 Å². The Morgan fingerprint density at radius 2 is 2.16 bits per heavy atom. The highest BCUT2D eigenvalue weighted by Crippen LogP contribution is 2.38. The SMILES string of the molecule is CNC(=O)c1cccc([C@H](C)N2C(=O)C3C[C@H]2CN3CC(N)C(=O)N2CCCC2C#N)c1. The highest BCUT2D eigenvalue weighted by molar-refractivity contribution is 5.94. The van der Waals surface area contributed by atoms with Crippen molar-refractivity contribution in [2.45, 2.75) is 56.4 Å². The predicted octanol–water partition coefficient (Wildman–Crippen LogP) is 0.234. The van der Waals surface area contributed by atoms with Crippen LogP contribution >= 0.6 is 0 Å². The van der Waals surface area contributed by atoms with Crippen LogP contribution in [0.2, 0.25) is 0 Å². The van der Waals surface area contributed by atoms with Crippen molar-refractivity contribution in [2.75, 3.05) is 26.7 Å². The summed E-state index contributed by atoms with van der Waals surface area (Å²) in [7, 11) is 1.59. The Balaban J connectivity index is 1.41. The molecule has 5 atom stereocenters. The van der Waals surface area contributed by atoms with E-state index in [4.69, 9.17) is 5.73 Å². The van der Waals surface area contributed by atoms with E-state index in [0.717, 1.165) is 12.0 Å². The van der Waals surface area contributed by atoms with Crippen LogP contribution in [-0.2, 0) is 9.59 Å². The molecule has 0 spiro atoms. The number of hydrogen-bond donors (Lipinski definition) is 2. The average molecular weight is 439 g/mol. The zero-order valence-electron chi connectivity index (χ0n) is 18.5. The number of carbonyl (C=O) groups is 3. The molecule has 0 aromatic heterocycles. The Labute approximate surface area is 188 Å². The van der Waals surface area contributed by atoms with Crippen molar-refractivity contribution in [1.82, 2.24) is 20.0 Å². The quantitative estimate of drug-likeness (QED) is 0.656. The molecule has 3 unspecified atom stereocenters. The molecule has 3 amide bonds. The third-order valence-corrected chi connectivity index (χ3v) is 7.02. The van der Waals surface area contributed by atoms with Crippen LogP contribution in [0.15, 0.2) is 24.3 Å². The summed E-state index contributed by atoms with van der Waals surface area (Å²) < 4.78 is 0. The van der Waals surface area contributed by atoms with Crippen LogP contribution in [-0.4, -0.2) is 83.3 Å². The molecule has 4 rings (SSSR count). The minimum Gasteiger partial charge on any atom is -0.355 e. The first-order valence-electron chi connectivity index (χ1n) is 11.2. The van der Waals surface area contributed by atoms with Gasteiger partial charge in [-0.15, -0.1) is 0 Å². The molecule has 3 saturated heterocycles. The van der Waals surface area contributed by atoms with E-state index < -0.39 is 12.1 Å². The number of fused-ring (bicyclic) bond motifs is 2. The van der Waals surface area contributed by atoms with Crippen LogP contribution in [0.4, 0.5) is 0 Å². The fourth-order valence-electron chi connectivity index (χ4n) is 5.35. The van der Waals surface area contributed by atoms with Gasteiger partial charge in [0.25, 0.3) is 5.91 Å². The van der Waals surface area contributed by atoms with Crippen molar-refractivity contribution in [3.05, 3.63) is 35.4 Å². The van der Waals surface area contributed by atoms with Gasteiger partial charge in [-0.1, -0.05) is 12.1 Å². The minimum atomic E-state index is -0.744. The first-order chi connectivity index (χ1) is 15.3. The number of likely N-dealkylation sites (tertiary alicyclic amines) is 3. The Hall–Kier alpha value is -2.96. The van der Waals surface area contributed by atoms with E-state index in [9.17, 15) is 19.6 Å². The molecular weight excluding hydrogens is 408 g/mol. The molecule has 3 heterocycles. The van der Waals surface area contributed by atoms with Crippen molar-refractivity contribution in [1.29, 1.82) is 5.26 Å². The Kier molecular flexibility index (Phi) is 6.17. The van der Waals surface area contributed by atoms with Crippen LogP contribution in [0.25, 0.3) is 0 Å². The molecule has 170 valence electrons. The van der Waals surface area contributed by atoms with Gasteiger partial charge in [-0.2, -0.15) is 5.26 Å². The van der Waals surface area contributed by atoms with Crippen molar-refractivity contribution in [3.8, 4) is 6.07 Å². The standard InChI is InChI=1S/C23H30N6O3/c1-14(15-5-3-6-16(9-15)21(30)26-2)29-18-10-20(23(29)32)27(12-18)13-19(25)22(31)28-8-4-7-17(28)11-24/h3,5-6,9,14,17-20H,4,7-8,10,12-13,25H2,1-2H3,(H,26,30)/t14-,17?,18-,19?,20?/m0/s1. The molecule has 0 aliphatic carbocycles. The Morgan fingerprint density at radius 1 is 1.38 bits per heavy atom. The van der Waals surface area contributed by atoms with Gasteiger partial charge in [0.2, 0.25) is 11.8 Å². The molecule has 0 radical (unpaired) electrons. The average Bonchev–Trinajstić information content (AvgIpc) is 3.52. The molecule has 32 heavy (non-hydrogen) atoms. The normalized spacial score (nSPS) is 26.8. The van der Waals surface area contributed by atoms with E-state index in [0.29, 0.717) is 38.0 Å². The summed E-state index contributed by atoms with van der Waals surface area (Å²) in [5, 5.41) is 11.9. The maximum atomic E-state index is 13.2. The number of nitrogens with zero attached hydrogens (tertiary/aromatic N) is 4. The number of piperazine rings is 1. The number of benzene rings is 1. The van der Waals surface area contributed by atoms with Crippen molar-refractivity contribution < 1.29 is 14.4 Å². The van der Waals surface area contributed by atoms with Gasteiger partial charge in [0.05, 0.1) is 24.2 Å². The van der Waals surface area contributed by atoms with E-state index in [2.05, 4.69) is 11.4 Å². The van der Waals surface area contributed by atoms with E-state index >= 15 is 0 Å². The molecule has 1 aromatic rings. The van der Waals surface area contributed by atoms with Gasteiger partial charge in [-0.25, -0.2) is 0 Å². The molecule has 0 saturated carbocycles. The van der Waals surface area contributed by atoms with Gasteiger partial charge in [-0.3, -0.25) is 19.3 Å². The van der Waals surface area contributed by atoms with Crippen LogP contribution in [0.3, 0.4) is 0 Å². The number of nitriles is 1. The summed E-state index contributed by atoms with van der Waals surface area (Å²) >= 11 is 0. The Bertz CT molecular complexity index is 959. The van der Waals surface area contributed by atoms with Gasteiger partial charge in [0.1, 0.15) is 6.04 Å². The second-order valence-electron chi connectivity index (χ2n) is 8.91. The maximum absolute atomic E-state index is 13.2. The zero-order valence-corrected chi connectivity index (χ0v) is 18.5. The molecule has 9 nitrogen and oxygen atoms in total. The third-order valence-electron chi connectivity index (χ3n) is 7.02. The fraction of sp³-hybridized carbons (Fsp3) is 0.565. The summed E-state index contributed by atoms with van der Waals surface area (Å²) in [6, 6.07) is 8.00. The number of hydrogen-bond acceptors (Lipinski definition) is 6. The smallest absolute Gasteiger partial charge is 0.251 e. The van der Waals surface area contributed by atoms with E-state index in [1.807, 2.05) is 34.9 Å². The maximum Gasteiger partial charge on any atom is 0.251 e. The molecule has 3 fully saturated rings. The molecular formula is C23H30N6O3. The summed E-state index contributed by atoms with van der Waals surface area (Å²) in [5.74, 6) is -0.329. The van der Waals surface area contributed by atoms with Crippen molar-refractivity contribution in [2.24, 2.45) is 5.73 Å². The number of carbonyl (C=O) groups excluding carboxylic acids is 3. The summed E-state index contributed by atoms with van der Waals surface area (Å²) in [4.78, 5) is 43.4. The molecule has 1 aromatic carbocycles. The highest BCUT2D eigenvalue weighted by atomic mass is 16.2. The summed E-state index contributed by atoms with van der Waals surface area (Å²) in [6.45, 7) is 3.53. The molecule has 2 bridgehead atoms. The molecule has 9 heteroatoms. The lowest BCUT2D eigenvalue weighted by Crippen LogP contribution is -2.56. The van der Waals surface area contributed by atoms with E-state index in [-0.39, 0.29) is 35.8 Å². The summed E-state index contributed by atoms with van der Waals surface area (Å²) in [6.07, 6.45) is 2.22. The Morgan fingerprint density at radius 3 is 2.84 bits per heavy atom. The first kappa shape index (κ1) is 22.2. The van der Waals surface area contributed by atoms with Gasteiger partial charge >= 0.3 is 0 Å². The lowest BCUT2D eigenvalue weighted by Gasteiger charge is -2.38. The number of rotatable bonds is 6. The van der Waals surface area contributed by atoms with Crippen molar-refractivity contribution >= 4 is 17.7 Å². The minimum absolute atomic E-state index is 0.0369. The topological polar surface area (TPSA) is 123 Å². The van der Waals surface area contributed by atoms with Crippen LogP contribution in [0, 0.1) is 11.3 Å². The van der Waals surface area contributed by atoms with Crippen LogP contribution in [0.1, 0.15) is 48.1 Å². The third kappa shape index (κ3) is 3.85. The number of nitrogens with one attached hydrogen (secondary N) is 1. The number of amides is 3. The predicted molar refractivity (Wildman–Crippen MR) is 117 cm³/mol. The molecule has 3 aliphatic heterocycles. The van der Waals surface area contributed by atoms with Gasteiger partial charge in [0.15, 0.2) is 0 Å². The largest absolute Gasteiger partial charge is 0.355 e. The first-order valence-corrected chi connectivity index (χ1v) is 11.2. The van der Waals surface area contributed by atoms with Gasteiger partial charge < -0.3 is 20.9 Å². The second kappa shape index (κ2) is 8.88. The molecule has 3 N–H and O–H groups in total. The lowest BCUT2D eigenvalue weighted by atomic mass is 10.0. The van der Waals surface area contributed by atoms with E-state index in [1.54, 1.807) is 18.0 Å². The van der Waals surface area contributed by atoms with Gasteiger partial charge in [-0.05, 0) is 43.9 Å². The number of nitrogens with two attached hydrogens (primary N) is 1. The highest BCUT2D eigenvalue weighted by Gasteiger charge is 2.51. The lowest BCUT2D eigenvalue weighted by molar-refractivity contribution is -0.140.